The number of aliphatic hydroxyl groups excluding tert-OH is 1. The van der Waals surface area contributed by atoms with E-state index in [0.717, 1.165) is 32.1 Å². The summed E-state index contributed by atoms with van der Waals surface area (Å²) in [5.41, 5.74) is 0. The minimum Gasteiger partial charge on any atom is -0.396 e. The molecule has 0 aliphatic carbocycles. The van der Waals surface area contributed by atoms with E-state index in [1.165, 1.54) is 0 Å². The molecule has 0 spiro atoms. The van der Waals surface area contributed by atoms with Gasteiger partial charge in [0.2, 0.25) is 15.9 Å². The third kappa shape index (κ3) is 6.67. The Hall–Kier alpha value is -0.660. The number of piperidine rings is 1. The lowest BCUT2D eigenvalue weighted by Gasteiger charge is -2.36. The number of aliphatic hydroxyl groups is 1. The van der Waals surface area contributed by atoms with Crippen LogP contribution >= 0.6 is 0 Å². The average molecular weight is 306 g/mol. The predicted octanol–water partition coefficient (Wildman–Crippen LogP) is 0.469. The van der Waals surface area contributed by atoms with Crippen molar-refractivity contribution in [3.05, 3.63) is 0 Å². The third-order valence-corrected chi connectivity index (χ3v) is 4.32. The van der Waals surface area contributed by atoms with E-state index in [4.69, 9.17) is 5.11 Å². The second-order valence-corrected chi connectivity index (χ2v) is 7.21. The summed E-state index contributed by atoms with van der Waals surface area (Å²) in [7, 11) is -3.16. The summed E-state index contributed by atoms with van der Waals surface area (Å²) in [4.78, 5) is 14.0. The maximum absolute atomic E-state index is 12.1. The maximum atomic E-state index is 12.1. The number of sulfonamides is 1. The van der Waals surface area contributed by atoms with Gasteiger partial charge in [0.25, 0.3) is 0 Å². The fraction of sp³-hybridized carbons (Fsp3) is 0.923. The number of rotatable bonds is 8. The quantitative estimate of drug-likeness (QED) is 0.638. The van der Waals surface area contributed by atoms with Gasteiger partial charge in [-0.25, -0.2) is 13.1 Å². The molecule has 20 heavy (non-hydrogen) atoms. The first-order valence-corrected chi connectivity index (χ1v) is 9.18. The highest BCUT2D eigenvalue weighted by molar-refractivity contribution is 7.88. The summed E-state index contributed by atoms with van der Waals surface area (Å²) < 4.78 is 24.6. The SMILES string of the molecule is CS(=O)(=O)NCCC1CCCCN1C(=O)CCCCO. The second kappa shape index (κ2) is 8.59. The van der Waals surface area contributed by atoms with E-state index in [1.807, 2.05) is 4.90 Å². The Morgan fingerprint density at radius 3 is 2.75 bits per heavy atom. The number of unbranched alkanes of at least 4 members (excludes halogenated alkanes) is 1. The van der Waals surface area contributed by atoms with Gasteiger partial charge >= 0.3 is 0 Å². The van der Waals surface area contributed by atoms with Crippen molar-refractivity contribution in [3.63, 3.8) is 0 Å². The van der Waals surface area contributed by atoms with Gasteiger partial charge in [0, 0.05) is 32.2 Å². The third-order valence-electron chi connectivity index (χ3n) is 3.59. The van der Waals surface area contributed by atoms with E-state index >= 15 is 0 Å². The Bertz CT molecular complexity index is 397. The highest BCUT2D eigenvalue weighted by Crippen LogP contribution is 2.20. The van der Waals surface area contributed by atoms with Crippen LogP contribution in [-0.2, 0) is 14.8 Å². The lowest BCUT2D eigenvalue weighted by molar-refractivity contribution is -0.135. The molecule has 1 unspecified atom stereocenters. The molecule has 0 aromatic rings. The van der Waals surface area contributed by atoms with Gasteiger partial charge in [0.05, 0.1) is 6.26 Å². The summed E-state index contributed by atoms with van der Waals surface area (Å²) in [5, 5.41) is 8.74. The molecule has 6 nitrogen and oxygen atoms in total. The van der Waals surface area contributed by atoms with Crippen LogP contribution < -0.4 is 4.72 Å². The molecule has 1 heterocycles. The first-order chi connectivity index (χ1) is 9.44. The largest absolute Gasteiger partial charge is 0.396 e. The molecule has 0 aromatic carbocycles. The molecule has 2 N–H and O–H groups in total. The molecule has 1 amide bonds. The molecule has 0 saturated carbocycles. The number of carbonyl (C=O) groups is 1. The van der Waals surface area contributed by atoms with E-state index in [0.29, 0.717) is 32.2 Å². The molecule has 1 aliphatic rings. The van der Waals surface area contributed by atoms with Gasteiger partial charge < -0.3 is 10.0 Å². The zero-order valence-corrected chi connectivity index (χ0v) is 13.0. The van der Waals surface area contributed by atoms with Crippen molar-refractivity contribution in [2.45, 2.75) is 51.0 Å². The zero-order valence-electron chi connectivity index (χ0n) is 12.2. The second-order valence-electron chi connectivity index (χ2n) is 5.37. The molecule has 118 valence electrons. The van der Waals surface area contributed by atoms with E-state index in [9.17, 15) is 13.2 Å². The molecule has 0 bridgehead atoms. The highest BCUT2D eigenvalue weighted by Gasteiger charge is 2.25. The van der Waals surface area contributed by atoms with Crippen LogP contribution in [0.3, 0.4) is 0 Å². The smallest absolute Gasteiger partial charge is 0.222 e. The molecule has 1 saturated heterocycles. The summed E-state index contributed by atoms with van der Waals surface area (Å²) in [6, 6.07) is 0.139. The van der Waals surface area contributed by atoms with E-state index in [1.54, 1.807) is 0 Å². The Morgan fingerprint density at radius 2 is 2.10 bits per heavy atom. The van der Waals surface area contributed by atoms with Crippen LogP contribution in [0.1, 0.15) is 44.9 Å². The summed E-state index contributed by atoms with van der Waals surface area (Å²) in [6.07, 6.45) is 6.68. The van der Waals surface area contributed by atoms with Gasteiger partial charge in [-0.15, -0.1) is 0 Å². The Kier molecular flexibility index (Phi) is 7.47. The molecular formula is C13H26N2O4S. The highest BCUT2D eigenvalue weighted by atomic mass is 32.2. The topological polar surface area (TPSA) is 86.7 Å². The first kappa shape index (κ1) is 17.4. The molecule has 7 heteroatoms. The van der Waals surface area contributed by atoms with Crippen LogP contribution in [0.5, 0.6) is 0 Å². The molecule has 1 rings (SSSR count). The number of amides is 1. The van der Waals surface area contributed by atoms with Gasteiger partial charge in [0.1, 0.15) is 0 Å². The Morgan fingerprint density at radius 1 is 1.35 bits per heavy atom. The monoisotopic (exact) mass is 306 g/mol. The average Bonchev–Trinajstić information content (AvgIpc) is 2.38. The standard InChI is InChI=1S/C13H26N2O4S/c1-20(18,19)14-9-8-12-6-2-4-10-15(12)13(17)7-3-5-11-16/h12,14,16H,2-11H2,1H3. The molecular weight excluding hydrogens is 280 g/mol. The summed E-state index contributed by atoms with van der Waals surface area (Å²) >= 11 is 0. The number of hydrogen-bond donors (Lipinski definition) is 2. The maximum Gasteiger partial charge on any atom is 0.222 e. The van der Waals surface area contributed by atoms with E-state index < -0.39 is 10.0 Å². The van der Waals surface area contributed by atoms with Crippen molar-refractivity contribution in [2.75, 3.05) is 26.0 Å². The van der Waals surface area contributed by atoms with Crippen LogP contribution in [0.4, 0.5) is 0 Å². The van der Waals surface area contributed by atoms with Crippen LogP contribution in [0.15, 0.2) is 0 Å². The fourth-order valence-electron chi connectivity index (χ4n) is 2.57. The van der Waals surface area contributed by atoms with Crippen molar-refractivity contribution >= 4 is 15.9 Å². The molecule has 0 aromatic heterocycles. The van der Waals surface area contributed by atoms with Crippen molar-refractivity contribution in [2.24, 2.45) is 0 Å². The van der Waals surface area contributed by atoms with Crippen molar-refractivity contribution < 1.29 is 18.3 Å². The van der Waals surface area contributed by atoms with Crippen LogP contribution in [0, 0.1) is 0 Å². The number of nitrogens with one attached hydrogen (secondary N) is 1. The predicted molar refractivity (Wildman–Crippen MR) is 77.8 cm³/mol. The van der Waals surface area contributed by atoms with Crippen LogP contribution in [-0.4, -0.2) is 56.3 Å². The molecule has 1 atom stereocenters. The first-order valence-electron chi connectivity index (χ1n) is 7.29. The molecule has 0 radical (unpaired) electrons. The van der Waals surface area contributed by atoms with Gasteiger partial charge in [-0.1, -0.05) is 0 Å². The number of nitrogens with zero attached hydrogens (tertiary/aromatic N) is 1. The Balaban J connectivity index is 2.42. The van der Waals surface area contributed by atoms with Gasteiger partial charge in [-0.2, -0.15) is 0 Å². The van der Waals surface area contributed by atoms with Crippen molar-refractivity contribution in [1.29, 1.82) is 0 Å². The fourth-order valence-corrected chi connectivity index (χ4v) is 3.06. The van der Waals surface area contributed by atoms with E-state index in [-0.39, 0.29) is 18.6 Å². The molecule has 1 fully saturated rings. The number of hydrogen-bond acceptors (Lipinski definition) is 4. The number of carbonyl (C=O) groups excluding carboxylic acids is 1. The summed E-state index contributed by atoms with van der Waals surface area (Å²) in [6.45, 7) is 1.26. The van der Waals surface area contributed by atoms with E-state index in [2.05, 4.69) is 4.72 Å². The summed E-state index contributed by atoms with van der Waals surface area (Å²) in [5.74, 6) is 0.127. The van der Waals surface area contributed by atoms with Gasteiger partial charge in [-0.05, 0) is 38.5 Å². The van der Waals surface area contributed by atoms with Crippen molar-refractivity contribution in [1.82, 2.24) is 9.62 Å². The number of likely N-dealkylation sites (tertiary alicyclic amines) is 1. The molecule has 1 aliphatic heterocycles. The Labute approximate surface area is 121 Å². The normalized spacial score (nSPS) is 20.1. The van der Waals surface area contributed by atoms with Crippen molar-refractivity contribution in [3.8, 4) is 0 Å². The zero-order chi connectivity index (χ0) is 15.0. The minimum absolute atomic E-state index is 0.120. The van der Waals surface area contributed by atoms with Gasteiger partial charge in [-0.3, -0.25) is 4.79 Å². The van der Waals surface area contributed by atoms with Crippen LogP contribution in [0.25, 0.3) is 0 Å². The lowest BCUT2D eigenvalue weighted by Crippen LogP contribution is -2.45. The lowest BCUT2D eigenvalue weighted by atomic mass is 9.98. The van der Waals surface area contributed by atoms with Gasteiger partial charge in [0.15, 0.2) is 0 Å². The van der Waals surface area contributed by atoms with Crippen LogP contribution in [0.2, 0.25) is 0 Å². The minimum atomic E-state index is -3.16.